The Morgan fingerprint density at radius 3 is 1.60 bits per heavy atom. The van der Waals surface area contributed by atoms with Gasteiger partial charge in [0.25, 0.3) is 0 Å². The molecule has 2 aliphatic rings. The van der Waals surface area contributed by atoms with Crippen molar-refractivity contribution >= 4 is 17.6 Å². The molecular weight excluding hydrogens is 423 g/mol. The maximum absolute atomic E-state index is 10.8. The molecule has 2 atom stereocenters. The van der Waals surface area contributed by atoms with Crippen molar-refractivity contribution in [1.29, 1.82) is 0 Å². The van der Waals surface area contributed by atoms with E-state index in [-0.39, 0.29) is 29.7 Å². The summed E-state index contributed by atoms with van der Waals surface area (Å²) in [6.45, 7) is 4.62. The molecule has 4 rings (SSSR count). The van der Waals surface area contributed by atoms with Crippen LogP contribution in [0.3, 0.4) is 0 Å². The average molecular weight is 445 g/mol. The van der Waals surface area contributed by atoms with Crippen molar-refractivity contribution in [3.63, 3.8) is 0 Å². The summed E-state index contributed by atoms with van der Waals surface area (Å²) in [7, 11) is 0. The second-order valence-electron chi connectivity index (χ2n) is 6.52. The topological polar surface area (TPSA) is 20.2 Å². The predicted octanol–water partition coefficient (Wildman–Crippen LogP) is 1.76. The van der Waals surface area contributed by atoms with Gasteiger partial charge in [-0.25, -0.2) is 0 Å². The minimum Gasteiger partial charge on any atom is -1.00 e. The molecule has 0 saturated heterocycles. The van der Waals surface area contributed by atoms with E-state index in [1.807, 2.05) is 24.3 Å². The Labute approximate surface area is 171 Å². The Kier molecular flexibility index (Phi) is 7.64. The van der Waals surface area contributed by atoms with Gasteiger partial charge in [0.05, 0.1) is 6.10 Å². The minimum atomic E-state index is -0.408. The molecule has 0 bridgehead atoms. The second kappa shape index (κ2) is 9.28. The molecule has 0 radical (unpaired) electrons. The number of hydrogen-bond donors (Lipinski definition) is 1. The third-order valence-corrected chi connectivity index (χ3v) is 4.41. The fraction of sp³-hybridized carbons (Fsp3) is 0.238. The van der Waals surface area contributed by atoms with Gasteiger partial charge in [-0.1, -0.05) is 72.8 Å². The molecule has 2 unspecified atom stereocenters. The number of aliphatic hydroxyl groups is 1. The molecule has 0 aliphatic heterocycles. The summed E-state index contributed by atoms with van der Waals surface area (Å²) < 4.78 is 0. The van der Waals surface area contributed by atoms with Crippen LogP contribution in [0.1, 0.15) is 34.1 Å². The van der Waals surface area contributed by atoms with Crippen molar-refractivity contribution in [3.8, 4) is 0 Å². The summed E-state index contributed by atoms with van der Waals surface area (Å²) in [5, 5.41) is 10.8. The zero-order valence-electron chi connectivity index (χ0n) is 14.5. The molecule has 0 fully saturated rings. The normalized spacial score (nSPS) is 19.9. The van der Waals surface area contributed by atoms with Gasteiger partial charge in [-0.2, -0.15) is 0 Å². The Morgan fingerprint density at radius 2 is 1.20 bits per heavy atom. The molecule has 2 aliphatic carbocycles. The van der Waals surface area contributed by atoms with Gasteiger partial charge in [-0.15, -0.1) is 0 Å². The van der Waals surface area contributed by atoms with Crippen LogP contribution in [-0.4, -0.2) is 16.6 Å². The van der Waals surface area contributed by atoms with Gasteiger partial charge < -0.3 is 17.5 Å². The number of fused-ring (bicyclic) bond motifs is 2. The number of rotatable bonds is 2. The van der Waals surface area contributed by atoms with E-state index < -0.39 is 6.10 Å². The molecule has 4 heteroatoms. The summed E-state index contributed by atoms with van der Waals surface area (Å²) in [6, 6.07) is 16.6. The minimum absolute atomic E-state index is 0. The molecule has 1 N–H and O–H groups in total. The Balaban J connectivity index is 0.000000411. The van der Waals surface area contributed by atoms with Gasteiger partial charge in [0.15, 0.2) is 0 Å². The van der Waals surface area contributed by atoms with Crippen molar-refractivity contribution in [2.45, 2.75) is 31.0 Å². The summed E-state index contributed by atoms with van der Waals surface area (Å²) in [5.74, 6) is 0.180. The molecule has 0 heterocycles. The molecule has 0 aromatic heterocycles. The molecule has 2 aromatic carbocycles. The zero-order valence-corrected chi connectivity index (χ0v) is 18.7. The van der Waals surface area contributed by atoms with E-state index in [1.165, 1.54) is 22.3 Å². The monoisotopic (exact) mass is 443 g/mol. The van der Waals surface area contributed by atoms with Crippen LogP contribution in [0.15, 0.2) is 60.7 Å². The number of aliphatic hydroxyl groups excluding tert-OH is 1. The van der Waals surface area contributed by atoms with Crippen LogP contribution in [0, 0.1) is 0 Å². The number of hydrogen-bond acceptors (Lipinski definition) is 1. The Hall–Kier alpha value is -0.730. The Morgan fingerprint density at radius 1 is 0.840 bits per heavy atom. The van der Waals surface area contributed by atoms with E-state index in [1.54, 1.807) is 23.3 Å². The Bertz CT molecular complexity index is 750. The van der Waals surface area contributed by atoms with Crippen LogP contribution in [0.5, 0.6) is 0 Å². The average Bonchev–Trinajstić information content (AvgIpc) is 3.18. The predicted molar refractivity (Wildman–Crippen MR) is 99.9 cm³/mol. The van der Waals surface area contributed by atoms with E-state index in [4.69, 9.17) is 0 Å². The van der Waals surface area contributed by atoms with Gasteiger partial charge in [0.1, 0.15) is 0 Å². The van der Waals surface area contributed by atoms with Crippen molar-refractivity contribution in [3.05, 3.63) is 82.9 Å². The molecule has 0 saturated carbocycles. The third-order valence-electron chi connectivity index (χ3n) is 4.41. The largest absolute Gasteiger partial charge is 1.00 e. The third kappa shape index (κ3) is 4.71. The molecule has 0 spiro atoms. The van der Waals surface area contributed by atoms with Crippen LogP contribution in [0.4, 0.5) is 0 Å². The summed E-state index contributed by atoms with van der Waals surface area (Å²) >= 11 is 1.74. The van der Waals surface area contributed by atoms with Crippen LogP contribution < -0.4 is 12.4 Å². The second-order valence-corrected chi connectivity index (χ2v) is 15.9. The maximum atomic E-state index is 10.8. The maximum Gasteiger partial charge on any atom is 0.0746 e. The summed E-state index contributed by atoms with van der Waals surface area (Å²) in [6.07, 6.45) is 8.09. The molecule has 2 aromatic rings. The fourth-order valence-corrected chi connectivity index (χ4v) is 3.37. The molecule has 25 heavy (non-hydrogen) atoms. The molecule has 128 valence electrons. The fourth-order valence-electron chi connectivity index (χ4n) is 3.37. The number of halogens is 1. The standard InChI is InChI=1S/C19H16O.C2H6Si.ClH.Zr/c20-19(17-11-9-13-5-1-3-7-15(13)17)18-12-10-14-6-2-4-8-16(14)18;1-3-2;;/h1-12,17-20H;1-2H3;1H;/p-1. The van der Waals surface area contributed by atoms with Gasteiger partial charge >= 0.3 is 41.9 Å². The first-order chi connectivity index (χ1) is 11.6. The number of benzene rings is 2. The summed E-state index contributed by atoms with van der Waals surface area (Å²) in [5.41, 5.74) is 5.14. The van der Waals surface area contributed by atoms with Crippen LogP contribution in [-0.2, 0) is 23.3 Å². The van der Waals surface area contributed by atoms with Gasteiger partial charge in [0.2, 0.25) is 0 Å². The van der Waals surface area contributed by atoms with E-state index in [0.29, 0.717) is 0 Å². The van der Waals surface area contributed by atoms with E-state index in [2.05, 4.69) is 61.7 Å². The first-order valence-electron chi connectivity index (χ1n) is 8.32. The van der Waals surface area contributed by atoms with Gasteiger partial charge in [-0.05, 0) is 22.3 Å². The van der Waals surface area contributed by atoms with Crippen molar-refractivity contribution in [2.24, 2.45) is 0 Å². The van der Waals surface area contributed by atoms with Gasteiger partial charge in [0, 0.05) is 11.8 Å². The quantitative estimate of drug-likeness (QED) is 0.699. The molecule has 1 nitrogen and oxygen atoms in total. The van der Waals surface area contributed by atoms with E-state index in [9.17, 15) is 5.11 Å². The molecule has 0 amide bonds. The zero-order chi connectivity index (χ0) is 17.1. The smallest absolute Gasteiger partial charge is 0.0746 e. The van der Waals surface area contributed by atoms with Crippen molar-refractivity contribution in [2.75, 3.05) is 0 Å². The summed E-state index contributed by atoms with van der Waals surface area (Å²) in [4.78, 5) is 0. The van der Waals surface area contributed by atoms with Crippen LogP contribution >= 0.6 is 0 Å². The first-order valence-corrected chi connectivity index (χ1v) is 14.5. The van der Waals surface area contributed by atoms with Gasteiger partial charge in [-0.3, -0.25) is 0 Å². The SMILES string of the molecule is C[Si](C)=[Zr].OC(C1C=Cc2ccccc21)C1C=Cc2ccccc21.[Cl-]. The van der Waals surface area contributed by atoms with Crippen LogP contribution in [0.2, 0.25) is 13.1 Å². The van der Waals surface area contributed by atoms with E-state index in [0.717, 1.165) is 0 Å². The van der Waals surface area contributed by atoms with Crippen molar-refractivity contribution in [1.82, 2.24) is 0 Å². The van der Waals surface area contributed by atoms with E-state index >= 15 is 0 Å². The first kappa shape index (κ1) is 20.6. The molecular formula is C21H22ClOSiZr-. The van der Waals surface area contributed by atoms with Crippen molar-refractivity contribution < 1.29 is 40.8 Å². The van der Waals surface area contributed by atoms with Crippen LogP contribution in [0.25, 0.3) is 12.2 Å².